The van der Waals surface area contributed by atoms with Crippen molar-refractivity contribution in [3.8, 4) is 11.1 Å². The van der Waals surface area contributed by atoms with Crippen LogP contribution in [0.25, 0.3) is 11.1 Å². The quantitative estimate of drug-likeness (QED) is 0.783. The first-order chi connectivity index (χ1) is 9.61. The number of nitrogens with one attached hydrogen (secondary N) is 1. The van der Waals surface area contributed by atoms with Gasteiger partial charge in [-0.1, -0.05) is 36.8 Å². The summed E-state index contributed by atoms with van der Waals surface area (Å²) in [6, 6.07) is 11.7. The standard InChI is InChI=1S/C18H22FN/c1-4-9-20-12-16-11-15(6-8-18(16)19)17-7-5-13(2)10-14(17)3/h5-8,10-11,20H,4,9,12H2,1-3H3. The molecule has 2 aromatic rings. The molecular formula is C18H22FN. The van der Waals surface area contributed by atoms with Gasteiger partial charge in [0.1, 0.15) is 5.82 Å². The van der Waals surface area contributed by atoms with Gasteiger partial charge in [-0.05, 0) is 55.6 Å². The molecule has 0 spiro atoms. The number of aryl methyl sites for hydroxylation is 2. The molecule has 0 fully saturated rings. The van der Waals surface area contributed by atoms with Crippen molar-refractivity contribution in [1.29, 1.82) is 0 Å². The molecule has 0 aliphatic carbocycles. The maximum absolute atomic E-state index is 13.8. The zero-order valence-electron chi connectivity index (χ0n) is 12.5. The van der Waals surface area contributed by atoms with Gasteiger partial charge in [-0.25, -0.2) is 4.39 Å². The van der Waals surface area contributed by atoms with Gasteiger partial charge < -0.3 is 5.32 Å². The van der Waals surface area contributed by atoms with Crippen LogP contribution >= 0.6 is 0 Å². The summed E-state index contributed by atoms with van der Waals surface area (Å²) in [7, 11) is 0. The largest absolute Gasteiger partial charge is 0.313 e. The molecule has 0 heterocycles. The molecule has 0 unspecified atom stereocenters. The normalized spacial score (nSPS) is 10.8. The first-order valence-electron chi connectivity index (χ1n) is 7.18. The third-order valence-electron chi connectivity index (χ3n) is 3.48. The van der Waals surface area contributed by atoms with Crippen molar-refractivity contribution in [2.75, 3.05) is 6.54 Å². The molecule has 0 aromatic heterocycles. The van der Waals surface area contributed by atoms with Crippen LogP contribution in [-0.4, -0.2) is 6.54 Å². The maximum atomic E-state index is 13.8. The smallest absolute Gasteiger partial charge is 0.127 e. The highest BCUT2D eigenvalue weighted by molar-refractivity contribution is 5.68. The Labute approximate surface area is 120 Å². The second-order valence-electron chi connectivity index (χ2n) is 5.30. The molecule has 0 saturated heterocycles. The molecule has 20 heavy (non-hydrogen) atoms. The van der Waals surface area contributed by atoms with Gasteiger partial charge in [0.05, 0.1) is 0 Å². The Kier molecular flexibility index (Phi) is 4.91. The lowest BCUT2D eigenvalue weighted by molar-refractivity contribution is 0.587. The summed E-state index contributed by atoms with van der Waals surface area (Å²) in [6.45, 7) is 7.78. The van der Waals surface area contributed by atoms with Gasteiger partial charge in [0.2, 0.25) is 0 Å². The molecule has 0 bridgehead atoms. The lowest BCUT2D eigenvalue weighted by atomic mass is 9.97. The predicted octanol–water partition coefficient (Wildman–Crippen LogP) is 4.61. The molecule has 0 aliphatic heterocycles. The Morgan fingerprint density at radius 2 is 1.85 bits per heavy atom. The van der Waals surface area contributed by atoms with E-state index in [2.05, 4.69) is 44.3 Å². The van der Waals surface area contributed by atoms with Crippen LogP contribution < -0.4 is 5.32 Å². The summed E-state index contributed by atoms with van der Waals surface area (Å²) in [6.07, 6.45) is 1.05. The Morgan fingerprint density at radius 1 is 1.05 bits per heavy atom. The minimum atomic E-state index is -0.137. The summed E-state index contributed by atoms with van der Waals surface area (Å²) in [5.41, 5.74) is 5.46. The highest BCUT2D eigenvalue weighted by atomic mass is 19.1. The Bertz CT molecular complexity index is 590. The zero-order chi connectivity index (χ0) is 14.5. The third-order valence-corrected chi connectivity index (χ3v) is 3.48. The second kappa shape index (κ2) is 6.67. The van der Waals surface area contributed by atoms with Crippen LogP contribution in [0.2, 0.25) is 0 Å². The SMILES string of the molecule is CCCNCc1cc(-c2ccc(C)cc2C)ccc1F. The average molecular weight is 271 g/mol. The molecule has 0 radical (unpaired) electrons. The number of hydrogen-bond donors (Lipinski definition) is 1. The van der Waals surface area contributed by atoms with E-state index in [0.29, 0.717) is 6.54 Å². The van der Waals surface area contributed by atoms with Crippen molar-refractivity contribution in [3.63, 3.8) is 0 Å². The van der Waals surface area contributed by atoms with Crippen LogP contribution in [0.15, 0.2) is 36.4 Å². The van der Waals surface area contributed by atoms with E-state index < -0.39 is 0 Å². The van der Waals surface area contributed by atoms with Gasteiger partial charge in [-0.3, -0.25) is 0 Å². The molecule has 1 N–H and O–H groups in total. The summed E-state index contributed by atoms with van der Waals surface area (Å²) in [5.74, 6) is -0.137. The van der Waals surface area contributed by atoms with Crippen LogP contribution in [0.1, 0.15) is 30.0 Å². The van der Waals surface area contributed by atoms with Crippen molar-refractivity contribution in [1.82, 2.24) is 5.32 Å². The summed E-state index contributed by atoms with van der Waals surface area (Å²) >= 11 is 0. The van der Waals surface area contributed by atoms with Crippen LogP contribution in [0.4, 0.5) is 4.39 Å². The number of benzene rings is 2. The summed E-state index contributed by atoms with van der Waals surface area (Å²) in [5, 5.41) is 3.25. The predicted molar refractivity (Wildman–Crippen MR) is 83.3 cm³/mol. The number of rotatable bonds is 5. The van der Waals surface area contributed by atoms with E-state index in [4.69, 9.17) is 0 Å². The van der Waals surface area contributed by atoms with Gasteiger partial charge in [-0.15, -0.1) is 0 Å². The molecule has 1 nitrogen and oxygen atoms in total. The van der Waals surface area contributed by atoms with E-state index in [9.17, 15) is 4.39 Å². The van der Waals surface area contributed by atoms with Crippen LogP contribution in [0, 0.1) is 19.7 Å². The summed E-state index contributed by atoms with van der Waals surface area (Å²) in [4.78, 5) is 0. The van der Waals surface area contributed by atoms with Gasteiger partial charge in [0, 0.05) is 12.1 Å². The minimum Gasteiger partial charge on any atom is -0.313 e. The van der Waals surface area contributed by atoms with E-state index >= 15 is 0 Å². The van der Waals surface area contributed by atoms with Crippen molar-refractivity contribution in [3.05, 3.63) is 58.9 Å². The highest BCUT2D eigenvalue weighted by Crippen LogP contribution is 2.26. The van der Waals surface area contributed by atoms with E-state index in [0.717, 1.165) is 24.1 Å². The van der Waals surface area contributed by atoms with E-state index in [1.807, 2.05) is 12.1 Å². The fourth-order valence-electron chi connectivity index (χ4n) is 2.42. The first-order valence-corrected chi connectivity index (χ1v) is 7.18. The Balaban J connectivity index is 2.30. The fourth-order valence-corrected chi connectivity index (χ4v) is 2.42. The number of halogens is 1. The molecule has 2 rings (SSSR count). The average Bonchev–Trinajstić information content (AvgIpc) is 2.41. The molecule has 0 aliphatic rings. The van der Waals surface area contributed by atoms with E-state index in [-0.39, 0.29) is 5.82 Å². The molecule has 0 atom stereocenters. The molecule has 0 saturated carbocycles. The van der Waals surface area contributed by atoms with Crippen LogP contribution in [-0.2, 0) is 6.54 Å². The van der Waals surface area contributed by atoms with E-state index in [1.54, 1.807) is 6.07 Å². The van der Waals surface area contributed by atoms with E-state index in [1.165, 1.54) is 16.7 Å². The maximum Gasteiger partial charge on any atom is 0.127 e. The lowest BCUT2D eigenvalue weighted by Gasteiger charge is -2.11. The molecule has 2 heteroatoms. The van der Waals surface area contributed by atoms with Crippen molar-refractivity contribution < 1.29 is 4.39 Å². The monoisotopic (exact) mass is 271 g/mol. The van der Waals surface area contributed by atoms with Crippen LogP contribution in [0.3, 0.4) is 0 Å². The molecule has 0 amide bonds. The highest BCUT2D eigenvalue weighted by Gasteiger charge is 2.07. The summed E-state index contributed by atoms with van der Waals surface area (Å²) < 4.78 is 13.8. The zero-order valence-corrected chi connectivity index (χ0v) is 12.5. The van der Waals surface area contributed by atoms with Crippen molar-refractivity contribution >= 4 is 0 Å². The molecule has 106 valence electrons. The van der Waals surface area contributed by atoms with Gasteiger partial charge in [-0.2, -0.15) is 0 Å². The number of hydrogen-bond acceptors (Lipinski definition) is 1. The molecule has 2 aromatic carbocycles. The van der Waals surface area contributed by atoms with Gasteiger partial charge in [0.15, 0.2) is 0 Å². The minimum absolute atomic E-state index is 0.137. The Hall–Kier alpha value is -1.67. The van der Waals surface area contributed by atoms with Crippen molar-refractivity contribution in [2.24, 2.45) is 0 Å². The second-order valence-corrected chi connectivity index (χ2v) is 5.30. The first kappa shape index (κ1) is 14.7. The third kappa shape index (κ3) is 3.45. The van der Waals surface area contributed by atoms with Gasteiger partial charge >= 0.3 is 0 Å². The topological polar surface area (TPSA) is 12.0 Å². The Morgan fingerprint density at radius 3 is 2.55 bits per heavy atom. The van der Waals surface area contributed by atoms with Gasteiger partial charge in [0.25, 0.3) is 0 Å². The fraction of sp³-hybridized carbons (Fsp3) is 0.333. The molecular weight excluding hydrogens is 249 g/mol. The lowest BCUT2D eigenvalue weighted by Crippen LogP contribution is -2.14. The van der Waals surface area contributed by atoms with Crippen LogP contribution in [0.5, 0.6) is 0 Å². The van der Waals surface area contributed by atoms with Crippen molar-refractivity contribution in [2.45, 2.75) is 33.7 Å².